The van der Waals surface area contributed by atoms with Crippen molar-refractivity contribution in [3.05, 3.63) is 107 Å². The monoisotopic (exact) mass is 444 g/mol. The highest BCUT2D eigenvalue weighted by atomic mass is 19.1. The molecule has 6 nitrogen and oxygen atoms in total. The first-order chi connectivity index (χ1) is 16.0. The minimum Gasteiger partial charge on any atom is -0.488 e. The summed E-state index contributed by atoms with van der Waals surface area (Å²) in [5.41, 5.74) is 2.91. The summed E-state index contributed by atoms with van der Waals surface area (Å²) in [7, 11) is 1.32. The summed E-state index contributed by atoms with van der Waals surface area (Å²) in [6.07, 6.45) is 0. The zero-order chi connectivity index (χ0) is 23.2. The summed E-state index contributed by atoms with van der Waals surface area (Å²) in [5, 5.41) is 3.61. The fraction of sp³-hybridized carbons (Fsp3) is 0.115. The Bertz CT molecular complexity index is 1290. The van der Waals surface area contributed by atoms with Crippen LogP contribution in [0.15, 0.2) is 78.9 Å². The Morgan fingerprint density at radius 2 is 1.64 bits per heavy atom. The molecule has 0 unspecified atom stereocenters. The smallest absolute Gasteiger partial charge is 0.337 e. The Morgan fingerprint density at radius 1 is 0.939 bits per heavy atom. The van der Waals surface area contributed by atoms with Crippen molar-refractivity contribution in [1.29, 1.82) is 0 Å². The number of methoxy groups -OCH3 is 1. The fourth-order valence-electron chi connectivity index (χ4n) is 3.27. The van der Waals surface area contributed by atoms with E-state index in [9.17, 15) is 14.0 Å². The van der Waals surface area contributed by atoms with Crippen molar-refractivity contribution in [3.63, 3.8) is 0 Å². The van der Waals surface area contributed by atoms with Gasteiger partial charge in [-0.15, -0.1) is 0 Å². The average molecular weight is 444 g/mol. The van der Waals surface area contributed by atoms with Crippen LogP contribution >= 0.6 is 0 Å². The third-order valence-corrected chi connectivity index (χ3v) is 5.05. The van der Waals surface area contributed by atoms with E-state index in [2.05, 4.69) is 15.0 Å². The van der Waals surface area contributed by atoms with E-state index in [0.29, 0.717) is 16.8 Å². The van der Waals surface area contributed by atoms with Crippen molar-refractivity contribution < 1.29 is 23.5 Å². The van der Waals surface area contributed by atoms with Crippen LogP contribution in [0.5, 0.6) is 5.75 Å². The number of halogens is 1. The summed E-state index contributed by atoms with van der Waals surface area (Å²) >= 11 is 0. The molecule has 4 rings (SSSR count). The molecule has 0 aliphatic carbocycles. The zero-order valence-corrected chi connectivity index (χ0v) is 17.9. The summed E-state index contributed by atoms with van der Waals surface area (Å²) in [5.74, 6) is -0.576. The molecule has 0 spiro atoms. The standard InChI is InChI=1S/C26H21FN2O4/c1-32-26(31)19-10-6-17(7-11-19)15-28-25(30)23-14-24(21-4-2-3-5-22(21)29-23)33-16-18-8-12-20(27)13-9-18/h2-14H,15-16H2,1H3,(H,28,30). The average Bonchev–Trinajstić information content (AvgIpc) is 2.86. The molecule has 33 heavy (non-hydrogen) atoms. The van der Waals surface area contributed by atoms with Gasteiger partial charge in [0, 0.05) is 18.0 Å². The molecule has 0 atom stereocenters. The highest BCUT2D eigenvalue weighted by Gasteiger charge is 2.13. The summed E-state index contributed by atoms with van der Waals surface area (Å²) in [6.45, 7) is 0.489. The predicted molar refractivity (Wildman–Crippen MR) is 121 cm³/mol. The third kappa shape index (κ3) is 5.33. The van der Waals surface area contributed by atoms with E-state index in [1.54, 1.807) is 42.5 Å². The maximum atomic E-state index is 13.2. The van der Waals surface area contributed by atoms with Crippen molar-refractivity contribution in [2.45, 2.75) is 13.2 Å². The van der Waals surface area contributed by atoms with Crippen molar-refractivity contribution >= 4 is 22.8 Å². The number of nitrogens with one attached hydrogen (secondary N) is 1. The van der Waals surface area contributed by atoms with Gasteiger partial charge in [-0.05, 0) is 47.5 Å². The van der Waals surface area contributed by atoms with Crippen LogP contribution in [-0.4, -0.2) is 24.0 Å². The van der Waals surface area contributed by atoms with Crippen molar-refractivity contribution in [2.75, 3.05) is 7.11 Å². The van der Waals surface area contributed by atoms with Gasteiger partial charge in [0.1, 0.15) is 23.9 Å². The van der Waals surface area contributed by atoms with Crippen molar-refractivity contribution in [2.24, 2.45) is 0 Å². The van der Waals surface area contributed by atoms with Crippen LogP contribution in [0.25, 0.3) is 10.9 Å². The molecular formula is C26H21FN2O4. The lowest BCUT2D eigenvalue weighted by molar-refractivity contribution is 0.0600. The first-order valence-electron chi connectivity index (χ1n) is 10.3. The number of ether oxygens (including phenoxy) is 2. The Labute approximate surface area is 190 Å². The number of para-hydroxylation sites is 1. The minimum atomic E-state index is -0.417. The Morgan fingerprint density at radius 3 is 2.36 bits per heavy atom. The molecule has 0 bridgehead atoms. The molecule has 0 saturated carbocycles. The van der Waals surface area contributed by atoms with Crippen LogP contribution in [0.1, 0.15) is 32.0 Å². The van der Waals surface area contributed by atoms with Gasteiger partial charge in [-0.2, -0.15) is 0 Å². The zero-order valence-electron chi connectivity index (χ0n) is 17.9. The Balaban J connectivity index is 1.50. The molecule has 4 aromatic rings. The number of pyridine rings is 1. The number of nitrogens with zero attached hydrogens (tertiary/aromatic N) is 1. The molecule has 0 radical (unpaired) electrons. The topological polar surface area (TPSA) is 77.5 Å². The van der Waals surface area contributed by atoms with Gasteiger partial charge in [-0.1, -0.05) is 36.4 Å². The summed E-state index contributed by atoms with van der Waals surface area (Å²) in [4.78, 5) is 28.8. The lowest BCUT2D eigenvalue weighted by Gasteiger charge is -2.12. The van der Waals surface area contributed by atoms with Gasteiger partial charge in [0.15, 0.2) is 0 Å². The Hall–Kier alpha value is -4.26. The fourth-order valence-corrected chi connectivity index (χ4v) is 3.27. The molecule has 0 aliphatic rings. The molecule has 1 aromatic heterocycles. The van der Waals surface area contributed by atoms with Crippen LogP contribution in [0, 0.1) is 5.82 Å². The normalized spacial score (nSPS) is 10.6. The molecule has 0 saturated heterocycles. The molecular weight excluding hydrogens is 423 g/mol. The van der Waals surface area contributed by atoms with Gasteiger partial charge in [-0.3, -0.25) is 4.79 Å². The van der Waals surface area contributed by atoms with Gasteiger partial charge in [0.25, 0.3) is 5.91 Å². The van der Waals surface area contributed by atoms with Gasteiger partial charge < -0.3 is 14.8 Å². The Kier molecular flexibility index (Phi) is 6.59. The minimum absolute atomic E-state index is 0.217. The number of hydrogen-bond donors (Lipinski definition) is 1. The molecule has 0 aliphatic heterocycles. The number of hydrogen-bond acceptors (Lipinski definition) is 5. The number of fused-ring (bicyclic) bond motifs is 1. The van der Waals surface area contributed by atoms with Crippen LogP contribution in [0.3, 0.4) is 0 Å². The SMILES string of the molecule is COC(=O)c1ccc(CNC(=O)c2cc(OCc3ccc(F)cc3)c3ccccc3n2)cc1. The quantitative estimate of drug-likeness (QED) is 0.419. The lowest BCUT2D eigenvalue weighted by Crippen LogP contribution is -2.24. The van der Waals surface area contributed by atoms with E-state index in [1.165, 1.54) is 19.2 Å². The van der Waals surface area contributed by atoms with E-state index in [-0.39, 0.29) is 30.6 Å². The number of carbonyl (C=O) groups excluding carboxylic acids is 2. The number of aromatic nitrogens is 1. The molecule has 1 heterocycles. The van der Waals surface area contributed by atoms with Crippen LogP contribution < -0.4 is 10.1 Å². The van der Waals surface area contributed by atoms with E-state index < -0.39 is 5.97 Å². The predicted octanol–water partition coefficient (Wildman–Crippen LogP) is 4.67. The lowest BCUT2D eigenvalue weighted by atomic mass is 10.1. The molecule has 1 amide bonds. The second-order valence-electron chi connectivity index (χ2n) is 7.31. The second kappa shape index (κ2) is 9.91. The van der Waals surface area contributed by atoms with Crippen LogP contribution in [0.2, 0.25) is 0 Å². The maximum absolute atomic E-state index is 13.2. The molecule has 0 fully saturated rings. The molecule has 166 valence electrons. The number of esters is 1. The molecule has 1 N–H and O–H groups in total. The summed E-state index contributed by atoms with van der Waals surface area (Å²) < 4.78 is 23.8. The largest absolute Gasteiger partial charge is 0.488 e. The van der Waals surface area contributed by atoms with E-state index in [4.69, 9.17) is 4.74 Å². The van der Waals surface area contributed by atoms with Gasteiger partial charge in [0.05, 0.1) is 18.2 Å². The number of benzene rings is 3. The molecule has 7 heteroatoms. The van der Waals surface area contributed by atoms with E-state index in [1.807, 2.05) is 24.3 Å². The van der Waals surface area contributed by atoms with Crippen LogP contribution in [0.4, 0.5) is 4.39 Å². The second-order valence-corrected chi connectivity index (χ2v) is 7.31. The van der Waals surface area contributed by atoms with Gasteiger partial charge >= 0.3 is 5.97 Å². The first kappa shape index (κ1) is 22.0. The summed E-state index contributed by atoms with van der Waals surface area (Å²) in [6, 6.07) is 21.8. The van der Waals surface area contributed by atoms with Crippen LogP contribution in [-0.2, 0) is 17.9 Å². The highest BCUT2D eigenvalue weighted by Crippen LogP contribution is 2.26. The van der Waals surface area contributed by atoms with E-state index in [0.717, 1.165) is 16.5 Å². The number of rotatable bonds is 7. The van der Waals surface area contributed by atoms with E-state index >= 15 is 0 Å². The van der Waals surface area contributed by atoms with Gasteiger partial charge in [0.2, 0.25) is 0 Å². The third-order valence-electron chi connectivity index (χ3n) is 5.05. The molecule has 3 aromatic carbocycles. The van der Waals surface area contributed by atoms with Crippen molar-refractivity contribution in [3.8, 4) is 5.75 Å². The highest BCUT2D eigenvalue weighted by molar-refractivity contribution is 5.97. The first-order valence-corrected chi connectivity index (χ1v) is 10.3. The van der Waals surface area contributed by atoms with Gasteiger partial charge in [-0.25, -0.2) is 14.2 Å². The van der Waals surface area contributed by atoms with Crippen molar-refractivity contribution in [1.82, 2.24) is 10.3 Å². The number of amides is 1. The number of carbonyl (C=O) groups is 2. The maximum Gasteiger partial charge on any atom is 0.337 e.